The molecule has 0 bridgehead atoms. The van der Waals surface area contributed by atoms with Crippen LogP contribution in [-0.4, -0.2) is 35.1 Å². The van der Waals surface area contributed by atoms with Crippen LogP contribution in [0.4, 0.5) is 0 Å². The molecule has 0 rings (SSSR count). The van der Waals surface area contributed by atoms with E-state index in [0.717, 1.165) is 12.8 Å². The van der Waals surface area contributed by atoms with Crippen LogP contribution in [0.5, 0.6) is 0 Å². The predicted octanol–water partition coefficient (Wildman–Crippen LogP) is 2.29. The Hall–Kier alpha value is -0.570. The van der Waals surface area contributed by atoms with Crippen LogP contribution in [0.2, 0.25) is 0 Å². The van der Waals surface area contributed by atoms with Gasteiger partial charge >= 0.3 is 0 Å². The Bertz CT molecular complexity index is 200. The van der Waals surface area contributed by atoms with Crippen molar-refractivity contribution in [1.29, 1.82) is 0 Å². The van der Waals surface area contributed by atoms with Crippen molar-refractivity contribution in [2.75, 3.05) is 13.2 Å². The van der Waals surface area contributed by atoms with Crippen molar-refractivity contribution in [3.63, 3.8) is 0 Å². The van der Waals surface area contributed by atoms with Crippen LogP contribution in [0.3, 0.4) is 0 Å². The van der Waals surface area contributed by atoms with E-state index in [9.17, 15) is 4.79 Å². The van der Waals surface area contributed by atoms with Gasteiger partial charge in [0, 0.05) is 18.5 Å². The Morgan fingerprint density at radius 3 is 2.00 bits per heavy atom. The third-order valence-electron chi connectivity index (χ3n) is 3.40. The summed E-state index contributed by atoms with van der Waals surface area (Å²) in [7, 11) is 0. The highest BCUT2D eigenvalue weighted by Crippen LogP contribution is 2.17. The van der Waals surface area contributed by atoms with Crippen molar-refractivity contribution in [3.05, 3.63) is 0 Å². The van der Waals surface area contributed by atoms with E-state index in [-0.39, 0.29) is 24.5 Å². The molecular weight excluding hydrogens is 202 g/mol. The Labute approximate surface area is 99.8 Å². The van der Waals surface area contributed by atoms with E-state index in [1.807, 2.05) is 11.8 Å². The fourth-order valence-corrected chi connectivity index (χ4v) is 1.86. The first-order valence-electron chi connectivity index (χ1n) is 6.40. The maximum Gasteiger partial charge on any atom is 0.225 e. The molecule has 0 saturated carbocycles. The third kappa shape index (κ3) is 4.12. The molecule has 0 aromatic rings. The first kappa shape index (κ1) is 15.4. The Balaban J connectivity index is 4.69. The summed E-state index contributed by atoms with van der Waals surface area (Å²) in [5.41, 5.74) is 0. The molecule has 0 radical (unpaired) electrons. The van der Waals surface area contributed by atoms with Gasteiger partial charge in [-0.2, -0.15) is 0 Å². The molecular formula is C13H27NO2. The molecule has 1 atom stereocenters. The number of aliphatic hydroxyl groups excluding tert-OH is 1. The van der Waals surface area contributed by atoms with Crippen LogP contribution >= 0.6 is 0 Å². The first-order valence-corrected chi connectivity index (χ1v) is 6.40. The standard InChI is InChI=1S/C13H27NO2/c1-6-12(7-2)14(8-9-15)13(16)11(5)10(3)4/h10-12,15H,6-9H2,1-5H3. The molecule has 0 aliphatic carbocycles. The van der Waals surface area contributed by atoms with E-state index in [2.05, 4.69) is 27.7 Å². The molecule has 0 aliphatic rings. The lowest BCUT2D eigenvalue weighted by atomic mass is 9.95. The van der Waals surface area contributed by atoms with Crippen molar-refractivity contribution in [1.82, 2.24) is 4.90 Å². The average Bonchev–Trinajstić information content (AvgIpc) is 2.27. The lowest BCUT2D eigenvalue weighted by molar-refractivity contribution is -0.139. The van der Waals surface area contributed by atoms with Gasteiger partial charge in [0.05, 0.1) is 6.61 Å². The maximum atomic E-state index is 12.2. The molecule has 0 aromatic carbocycles. The third-order valence-corrected chi connectivity index (χ3v) is 3.40. The summed E-state index contributed by atoms with van der Waals surface area (Å²) in [6, 6.07) is 0.265. The predicted molar refractivity (Wildman–Crippen MR) is 67.2 cm³/mol. The quantitative estimate of drug-likeness (QED) is 0.727. The summed E-state index contributed by atoms with van der Waals surface area (Å²) in [6.07, 6.45) is 1.90. The van der Waals surface area contributed by atoms with Crippen LogP contribution in [-0.2, 0) is 4.79 Å². The van der Waals surface area contributed by atoms with Gasteiger partial charge in [-0.15, -0.1) is 0 Å². The number of hydrogen-bond acceptors (Lipinski definition) is 2. The normalized spacial score (nSPS) is 13.2. The molecule has 3 heteroatoms. The van der Waals surface area contributed by atoms with Crippen LogP contribution in [0.1, 0.15) is 47.5 Å². The van der Waals surface area contributed by atoms with Gasteiger partial charge in [-0.1, -0.05) is 34.6 Å². The van der Waals surface area contributed by atoms with E-state index < -0.39 is 0 Å². The smallest absolute Gasteiger partial charge is 0.225 e. The second kappa shape index (κ2) is 7.66. The number of carbonyl (C=O) groups excluding carboxylic acids is 1. The molecule has 0 saturated heterocycles. The minimum atomic E-state index is 0.0344. The Morgan fingerprint density at radius 2 is 1.69 bits per heavy atom. The SMILES string of the molecule is CCC(CC)N(CCO)C(=O)C(C)C(C)C. The zero-order valence-electron chi connectivity index (χ0n) is 11.4. The molecule has 0 heterocycles. The summed E-state index contributed by atoms with van der Waals surface area (Å²) in [5.74, 6) is 0.563. The summed E-state index contributed by atoms with van der Waals surface area (Å²) >= 11 is 0. The molecule has 16 heavy (non-hydrogen) atoms. The highest BCUT2D eigenvalue weighted by Gasteiger charge is 2.26. The second-order valence-electron chi connectivity index (χ2n) is 4.76. The molecule has 1 amide bonds. The number of carbonyl (C=O) groups is 1. The molecule has 3 nitrogen and oxygen atoms in total. The van der Waals surface area contributed by atoms with Crippen LogP contribution < -0.4 is 0 Å². The van der Waals surface area contributed by atoms with Crippen molar-refractivity contribution in [2.45, 2.75) is 53.5 Å². The highest BCUT2D eigenvalue weighted by molar-refractivity contribution is 5.79. The van der Waals surface area contributed by atoms with Crippen molar-refractivity contribution < 1.29 is 9.90 Å². The van der Waals surface area contributed by atoms with Gasteiger partial charge in [-0.3, -0.25) is 4.79 Å². The zero-order chi connectivity index (χ0) is 12.7. The number of hydrogen-bond donors (Lipinski definition) is 1. The van der Waals surface area contributed by atoms with Gasteiger partial charge in [0.25, 0.3) is 0 Å². The van der Waals surface area contributed by atoms with Gasteiger partial charge in [0.2, 0.25) is 5.91 Å². The number of amides is 1. The summed E-state index contributed by atoms with van der Waals surface area (Å²) in [4.78, 5) is 14.1. The zero-order valence-corrected chi connectivity index (χ0v) is 11.4. The van der Waals surface area contributed by atoms with Gasteiger partial charge in [-0.25, -0.2) is 0 Å². The lowest BCUT2D eigenvalue weighted by Gasteiger charge is -2.33. The number of rotatable bonds is 7. The Morgan fingerprint density at radius 1 is 1.19 bits per heavy atom. The minimum absolute atomic E-state index is 0.0344. The molecule has 1 unspecified atom stereocenters. The van der Waals surface area contributed by atoms with E-state index in [0.29, 0.717) is 12.5 Å². The largest absolute Gasteiger partial charge is 0.395 e. The second-order valence-corrected chi connectivity index (χ2v) is 4.76. The van der Waals surface area contributed by atoms with Crippen LogP contribution in [0, 0.1) is 11.8 Å². The van der Waals surface area contributed by atoms with Crippen LogP contribution in [0.25, 0.3) is 0 Å². The van der Waals surface area contributed by atoms with Gasteiger partial charge in [0.15, 0.2) is 0 Å². The van der Waals surface area contributed by atoms with Gasteiger partial charge < -0.3 is 10.0 Å². The monoisotopic (exact) mass is 229 g/mol. The Kier molecular flexibility index (Phi) is 7.39. The lowest BCUT2D eigenvalue weighted by Crippen LogP contribution is -2.45. The maximum absolute atomic E-state index is 12.2. The summed E-state index contributed by atoms with van der Waals surface area (Å²) < 4.78 is 0. The number of aliphatic hydroxyl groups is 1. The van der Waals surface area contributed by atoms with Crippen molar-refractivity contribution in [3.8, 4) is 0 Å². The molecule has 96 valence electrons. The summed E-state index contributed by atoms with van der Waals surface area (Å²) in [6.45, 7) is 10.8. The molecule has 0 fully saturated rings. The van der Waals surface area contributed by atoms with Crippen molar-refractivity contribution >= 4 is 5.91 Å². The summed E-state index contributed by atoms with van der Waals surface area (Å²) in [5, 5.41) is 9.05. The molecule has 0 aromatic heterocycles. The fourth-order valence-electron chi connectivity index (χ4n) is 1.86. The van der Waals surface area contributed by atoms with E-state index in [1.165, 1.54) is 0 Å². The van der Waals surface area contributed by atoms with E-state index >= 15 is 0 Å². The van der Waals surface area contributed by atoms with E-state index in [4.69, 9.17) is 5.11 Å². The first-order chi connectivity index (χ1) is 7.49. The fraction of sp³-hybridized carbons (Fsp3) is 0.923. The van der Waals surface area contributed by atoms with Crippen LogP contribution in [0.15, 0.2) is 0 Å². The topological polar surface area (TPSA) is 40.5 Å². The van der Waals surface area contributed by atoms with Crippen molar-refractivity contribution in [2.24, 2.45) is 11.8 Å². The molecule has 1 N–H and O–H groups in total. The average molecular weight is 229 g/mol. The van der Waals surface area contributed by atoms with E-state index in [1.54, 1.807) is 0 Å². The molecule has 0 spiro atoms. The minimum Gasteiger partial charge on any atom is -0.395 e. The molecule has 0 aliphatic heterocycles. The van der Waals surface area contributed by atoms with Gasteiger partial charge in [-0.05, 0) is 18.8 Å². The highest BCUT2D eigenvalue weighted by atomic mass is 16.3. The van der Waals surface area contributed by atoms with Gasteiger partial charge in [0.1, 0.15) is 0 Å². The number of nitrogens with zero attached hydrogens (tertiary/aromatic N) is 1.